The molecule has 4 rings (SSSR count). The molecule has 0 saturated heterocycles. The molecule has 2 aromatic heterocycles. The maximum Gasteiger partial charge on any atom is 0.236 e. The van der Waals surface area contributed by atoms with E-state index in [1.165, 1.54) is 23.1 Å². The lowest BCUT2D eigenvalue weighted by Gasteiger charge is -2.12. The van der Waals surface area contributed by atoms with E-state index < -0.39 is 0 Å². The van der Waals surface area contributed by atoms with Gasteiger partial charge in [0.25, 0.3) is 0 Å². The van der Waals surface area contributed by atoms with E-state index in [0.29, 0.717) is 22.7 Å². The van der Waals surface area contributed by atoms with Crippen LogP contribution in [0.25, 0.3) is 17.1 Å². The zero-order chi connectivity index (χ0) is 22.3. The Morgan fingerprint density at radius 1 is 1.16 bits per heavy atom. The summed E-state index contributed by atoms with van der Waals surface area (Å²) in [6.07, 6.45) is 1.65. The number of aromatic nitrogens is 4. The molecule has 1 N–H and O–H groups in total. The Morgan fingerprint density at radius 2 is 2.00 bits per heavy atom. The van der Waals surface area contributed by atoms with Gasteiger partial charge in [0.1, 0.15) is 11.5 Å². The molecule has 164 valence electrons. The minimum atomic E-state index is -0.158. The SMILES string of the molecule is CCOc1ccc(-n2c(SCC(=O)Nc3nccs3)nnc2-c2cccc(OC)c2)cc1. The molecular formula is C22H21N5O3S2. The van der Waals surface area contributed by atoms with Crippen LogP contribution >= 0.6 is 23.1 Å². The molecule has 2 aromatic carbocycles. The van der Waals surface area contributed by atoms with E-state index >= 15 is 0 Å². The minimum Gasteiger partial charge on any atom is -0.497 e. The third-order valence-corrected chi connectivity index (χ3v) is 6.00. The zero-order valence-electron chi connectivity index (χ0n) is 17.5. The maximum atomic E-state index is 12.4. The summed E-state index contributed by atoms with van der Waals surface area (Å²) in [7, 11) is 1.62. The molecular weight excluding hydrogens is 446 g/mol. The molecule has 0 aliphatic carbocycles. The van der Waals surface area contributed by atoms with E-state index in [1.807, 2.05) is 65.4 Å². The van der Waals surface area contributed by atoms with Crippen molar-refractivity contribution in [1.29, 1.82) is 0 Å². The predicted molar refractivity (Wildman–Crippen MR) is 126 cm³/mol. The first-order chi connectivity index (χ1) is 15.7. The largest absolute Gasteiger partial charge is 0.497 e. The summed E-state index contributed by atoms with van der Waals surface area (Å²) in [4.78, 5) is 16.4. The van der Waals surface area contributed by atoms with Crippen LogP contribution in [0.5, 0.6) is 11.5 Å². The summed E-state index contributed by atoms with van der Waals surface area (Å²) in [5, 5.41) is 14.5. The monoisotopic (exact) mass is 467 g/mol. The average Bonchev–Trinajstić information content (AvgIpc) is 3.48. The van der Waals surface area contributed by atoms with Gasteiger partial charge >= 0.3 is 0 Å². The Hall–Kier alpha value is -3.37. The number of nitrogens with zero attached hydrogens (tertiary/aromatic N) is 4. The number of methoxy groups -OCH3 is 1. The van der Waals surface area contributed by atoms with Crippen LogP contribution in [0.4, 0.5) is 5.13 Å². The number of thiazole rings is 1. The van der Waals surface area contributed by atoms with Crippen LogP contribution in [0.15, 0.2) is 65.3 Å². The van der Waals surface area contributed by atoms with Gasteiger partial charge < -0.3 is 14.8 Å². The van der Waals surface area contributed by atoms with Crippen LogP contribution in [0.2, 0.25) is 0 Å². The lowest BCUT2D eigenvalue weighted by Crippen LogP contribution is -2.14. The van der Waals surface area contributed by atoms with E-state index in [0.717, 1.165) is 22.7 Å². The van der Waals surface area contributed by atoms with Crippen LogP contribution in [-0.2, 0) is 4.79 Å². The van der Waals surface area contributed by atoms with Crippen LogP contribution < -0.4 is 14.8 Å². The number of nitrogens with one attached hydrogen (secondary N) is 1. The molecule has 0 atom stereocenters. The number of amides is 1. The fraction of sp³-hybridized carbons (Fsp3) is 0.182. The molecule has 0 radical (unpaired) electrons. The molecule has 0 fully saturated rings. The molecule has 0 spiro atoms. The Bertz CT molecular complexity index is 1180. The van der Waals surface area contributed by atoms with Gasteiger partial charge in [-0.3, -0.25) is 9.36 Å². The van der Waals surface area contributed by atoms with Crippen molar-refractivity contribution in [2.75, 3.05) is 24.8 Å². The first kappa shape index (κ1) is 21.8. The normalized spacial score (nSPS) is 10.7. The Balaban J connectivity index is 1.64. The fourth-order valence-corrected chi connectivity index (χ4v) is 4.27. The van der Waals surface area contributed by atoms with Crippen molar-refractivity contribution < 1.29 is 14.3 Å². The van der Waals surface area contributed by atoms with Crippen molar-refractivity contribution in [3.05, 3.63) is 60.1 Å². The highest BCUT2D eigenvalue weighted by Gasteiger charge is 2.18. The summed E-state index contributed by atoms with van der Waals surface area (Å²) >= 11 is 2.68. The summed E-state index contributed by atoms with van der Waals surface area (Å²) in [6.45, 7) is 2.54. The van der Waals surface area contributed by atoms with Crippen LogP contribution in [-0.4, -0.2) is 45.1 Å². The van der Waals surface area contributed by atoms with Crippen molar-refractivity contribution in [2.45, 2.75) is 12.1 Å². The number of hydrogen-bond acceptors (Lipinski definition) is 8. The van der Waals surface area contributed by atoms with Crippen molar-refractivity contribution in [1.82, 2.24) is 19.7 Å². The van der Waals surface area contributed by atoms with Crippen molar-refractivity contribution in [3.8, 4) is 28.6 Å². The molecule has 0 saturated carbocycles. The zero-order valence-corrected chi connectivity index (χ0v) is 19.2. The highest BCUT2D eigenvalue weighted by molar-refractivity contribution is 7.99. The number of anilines is 1. The number of carbonyl (C=O) groups excluding carboxylic acids is 1. The number of thioether (sulfide) groups is 1. The van der Waals surface area contributed by atoms with Crippen molar-refractivity contribution in [2.24, 2.45) is 0 Å². The first-order valence-electron chi connectivity index (χ1n) is 9.83. The van der Waals surface area contributed by atoms with Gasteiger partial charge in [0.15, 0.2) is 16.1 Å². The van der Waals surface area contributed by atoms with Gasteiger partial charge in [-0.2, -0.15) is 0 Å². The highest BCUT2D eigenvalue weighted by Crippen LogP contribution is 2.30. The predicted octanol–water partition coefficient (Wildman–Crippen LogP) is 4.53. The number of carbonyl (C=O) groups is 1. The Morgan fingerprint density at radius 3 is 2.72 bits per heavy atom. The summed E-state index contributed by atoms with van der Waals surface area (Å²) in [5.74, 6) is 2.17. The topological polar surface area (TPSA) is 91.2 Å². The van der Waals surface area contributed by atoms with Crippen LogP contribution in [0.3, 0.4) is 0 Å². The van der Waals surface area contributed by atoms with Gasteiger partial charge in [-0.1, -0.05) is 23.9 Å². The van der Waals surface area contributed by atoms with Crippen molar-refractivity contribution >= 4 is 34.1 Å². The second-order valence-electron chi connectivity index (χ2n) is 6.47. The van der Waals surface area contributed by atoms with E-state index in [9.17, 15) is 4.79 Å². The molecule has 8 nitrogen and oxygen atoms in total. The number of hydrogen-bond donors (Lipinski definition) is 1. The number of ether oxygens (including phenoxy) is 2. The van der Waals surface area contributed by atoms with Crippen LogP contribution in [0.1, 0.15) is 6.92 Å². The molecule has 0 bridgehead atoms. The van der Waals surface area contributed by atoms with Gasteiger partial charge in [-0.15, -0.1) is 21.5 Å². The fourth-order valence-electron chi connectivity index (χ4n) is 2.97. The Labute approximate surface area is 193 Å². The molecule has 4 aromatic rings. The average molecular weight is 468 g/mol. The van der Waals surface area contributed by atoms with Gasteiger partial charge in [-0.05, 0) is 43.3 Å². The quantitative estimate of drug-likeness (QED) is 0.362. The van der Waals surface area contributed by atoms with Gasteiger partial charge in [0.05, 0.1) is 19.5 Å². The van der Waals surface area contributed by atoms with E-state index in [4.69, 9.17) is 9.47 Å². The first-order valence-corrected chi connectivity index (χ1v) is 11.7. The molecule has 0 unspecified atom stereocenters. The maximum absolute atomic E-state index is 12.4. The van der Waals surface area contributed by atoms with Crippen LogP contribution in [0, 0.1) is 0 Å². The minimum absolute atomic E-state index is 0.158. The van der Waals surface area contributed by atoms with Gasteiger partial charge in [0, 0.05) is 22.8 Å². The smallest absolute Gasteiger partial charge is 0.236 e. The molecule has 0 aliphatic heterocycles. The summed E-state index contributed by atoms with van der Waals surface area (Å²) < 4.78 is 12.8. The van der Waals surface area contributed by atoms with E-state index in [2.05, 4.69) is 20.5 Å². The molecule has 1 amide bonds. The third-order valence-electron chi connectivity index (χ3n) is 4.38. The van der Waals surface area contributed by atoms with E-state index in [-0.39, 0.29) is 11.7 Å². The molecule has 32 heavy (non-hydrogen) atoms. The standard InChI is InChI=1S/C22H21N5O3S2/c1-3-30-17-9-7-16(8-10-17)27-20(15-5-4-6-18(13-15)29-2)25-26-22(27)32-14-19(28)24-21-23-11-12-31-21/h4-13H,3,14H2,1-2H3,(H,23,24,28). The second kappa shape index (κ2) is 10.3. The second-order valence-corrected chi connectivity index (χ2v) is 8.31. The van der Waals surface area contributed by atoms with Gasteiger partial charge in [-0.25, -0.2) is 4.98 Å². The molecule has 0 aliphatic rings. The van der Waals surface area contributed by atoms with Crippen molar-refractivity contribution in [3.63, 3.8) is 0 Å². The lowest BCUT2D eigenvalue weighted by atomic mass is 10.2. The van der Waals surface area contributed by atoms with E-state index in [1.54, 1.807) is 13.3 Å². The lowest BCUT2D eigenvalue weighted by molar-refractivity contribution is -0.113. The number of benzene rings is 2. The summed E-state index contributed by atoms with van der Waals surface area (Å²) in [5.41, 5.74) is 1.71. The molecule has 10 heteroatoms. The highest BCUT2D eigenvalue weighted by atomic mass is 32.2. The third kappa shape index (κ3) is 5.09. The summed E-state index contributed by atoms with van der Waals surface area (Å²) in [6, 6.07) is 15.3. The Kier molecular flexibility index (Phi) is 7.03. The molecule has 2 heterocycles. The number of rotatable bonds is 9. The van der Waals surface area contributed by atoms with Gasteiger partial charge in [0.2, 0.25) is 5.91 Å².